The lowest BCUT2D eigenvalue weighted by molar-refractivity contribution is 0.0832. The summed E-state index contributed by atoms with van der Waals surface area (Å²) >= 11 is 0. The fraction of sp³-hybridized carbons (Fsp3) is 1.00. The molecule has 0 aromatic rings. The van der Waals surface area contributed by atoms with Crippen LogP contribution in [0.4, 0.5) is 0 Å². The average Bonchev–Trinajstić information content (AvgIpc) is 2.24. The van der Waals surface area contributed by atoms with Crippen molar-refractivity contribution in [2.45, 2.75) is 46.5 Å². The Bertz CT molecular complexity index is 159. The fourth-order valence-corrected chi connectivity index (χ4v) is 3.54. The first-order chi connectivity index (χ1) is 5.66. The van der Waals surface area contributed by atoms with E-state index < -0.39 is 0 Å². The molecule has 0 heteroatoms. The van der Waals surface area contributed by atoms with Crippen molar-refractivity contribution in [2.75, 3.05) is 0 Å². The maximum atomic E-state index is 2.44. The highest BCUT2D eigenvalue weighted by Gasteiger charge is 2.45. The third-order valence-electron chi connectivity index (χ3n) is 3.97. The zero-order valence-corrected chi connectivity index (χ0v) is 8.72. The molecular formula is C12H22. The van der Waals surface area contributed by atoms with Gasteiger partial charge in [0.15, 0.2) is 0 Å². The van der Waals surface area contributed by atoms with Gasteiger partial charge in [0.05, 0.1) is 0 Å². The Kier molecular flexibility index (Phi) is 2.18. The van der Waals surface area contributed by atoms with Gasteiger partial charge in [0.1, 0.15) is 0 Å². The maximum absolute atomic E-state index is 2.44. The monoisotopic (exact) mass is 166 g/mol. The molecule has 0 N–H and O–H groups in total. The van der Waals surface area contributed by atoms with E-state index in [-0.39, 0.29) is 0 Å². The summed E-state index contributed by atoms with van der Waals surface area (Å²) in [5.74, 6) is 5.36. The van der Waals surface area contributed by atoms with Gasteiger partial charge in [-0.1, -0.05) is 20.8 Å². The van der Waals surface area contributed by atoms with Crippen LogP contribution >= 0.6 is 0 Å². The minimum atomic E-state index is 0.923. The summed E-state index contributed by atoms with van der Waals surface area (Å²) < 4.78 is 0. The molecule has 2 rings (SSSR count). The molecule has 0 bridgehead atoms. The Morgan fingerprint density at radius 3 is 2.50 bits per heavy atom. The molecule has 2 saturated carbocycles. The quantitative estimate of drug-likeness (QED) is 0.586. The second-order valence-electron chi connectivity index (χ2n) is 5.63. The molecule has 0 saturated heterocycles. The van der Waals surface area contributed by atoms with E-state index in [0.717, 1.165) is 29.6 Å². The van der Waals surface area contributed by atoms with Crippen LogP contribution in [0.15, 0.2) is 0 Å². The van der Waals surface area contributed by atoms with Crippen LogP contribution in [0.1, 0.15) is 46.5 Å². The third kappa shape index (κ3) is 1.41. The molecule has 70 valence electrons. The molecular weight excluding hydrogens is 144 g/mol. The van der Waals surface area contributed by atoms with Crippen LogP contribution in [-0.4, -0.2) is 0 Å². The predicted octanol–water partition coefficient (Wildman–Crippen LogP) is 3.71. The molecule has 0 aliphatic heterocycles. The van der Waals surface area contributed by atoms with Gasteiger partial charge in [0.2, 0.25) is 0 Å². The van der Waals surface area contributed by atoms with Crippen LogP contribution < -0.4 is 0 Å². The van der Waals surface area contributed by atoms with Gasteiger partial charge in [-0.05, 0) is 55.3 Å². The van der Waals surface area contributed by atoms with E-state index in [1.54, 1.807) is 19.3 Å². The van der Waals surface area contributed by atoms with Crippen LogP contribution in [0.25, 0.3) is 0 Å². The van der Waals surface area contributed by atoms with Crippen molar-refractivity contribution >= 4 is 0 Å². The summed E-state index contributed by atoms with van der Waals surface area (Å²) in [7, 11) is 0. The molecule has 2 aliphatic carbocycles. The van der Waals surface area contributed by atoms with Gasteiger partial charge in [-0.15, -0.1) is 0 Å². The summed E-state index contributed by atoms with van der Waals surface area (Å²) in [5, 5.41) is 0. The minimum Gasteiger partial charge on any atom is -0.0628 e. The molecule has 0 spiro atoms. The Labute approximate surface area is 76.7 Å². The van der Waals surface area contributed by atoms with Crippen LogP contribution in [0, 0.1) is 29.6 Å². The van der Waals surface area contributed by atoms with E-state index >= 15 is 0 Å². The minimum absolute atomic E-state index is 0.923. The van der Waals surface area contributed by atoms with Gasteiger partial charge in [0, 0.05) is 0 Å². The van der Waals surface area contributed by atoms with Crippen molar-refractivity contribution in [3.8, 4) is 0 Å². The van der Waals surface area contributed by atoms with Crippen LogP contribution in [-0.2, 0) is 0 Å². The zero-order chi connectivity index (χ0) is 8.72. The Morgan fingerprint density at radius 2 is 1.92 bits per heavy atom. The molecule has 0 amide bonds. The number of rotatable bonds is 2. The van der Waals surface area contributed by atoms with E-state index in [1.165, 1.54) is 6.42 Å². The van der Waals surface area contributed by atoms with Crippen LogP contribution in [0.2, 0.25) is 0 Å². The van der Waals surface area contributed by atoms with E-state index in [4.69, 9.17) is 0 Å². The summed E-state index contributed by atoms with van der Waals surface area (Å²) in [5.41, 5.74) is 0. The van der Waals surface area contributed by atoms with Crippen molar-refractivity contribution < 1.29 is 0 Å². The summed E-state index contributed by atoms with van der Waals surface area (Å²) in [4.78, 5) is 0. The fourth-order valence-electron chi connectivity index (χ4n) is 3.54. The SMILES string of the molecule is CC(C)CC1CC2CC(C)CC12. The van der Waals surface area contributed by atoms with E-state index in [1.807, 2.05) is 0 Å². The van der Waals surface area contributed by atoms with Gasteiger partial charge in [-0.25, -0.2) is 0 Å². The molecule has 4 unspecified atom stereocenters. The first-order valence-electron chi connectivity index (χ1n) is 5.66. The zero-order valence-electron chi connectivity index (χ0n) is 8.72. The highest BCUT2D eigenvalue weighted by molar-refractivity contribution is 4.95. The standard InChI is InChI=1S/C12H22/c1-8(2)4-10-7-11-5-9(3)6-12(10)11/h8-12H,4-7H2,1-3H3. The van der Waals surface area contributed by atoms with E-state index in [2.05, 4.69) is 20.8 Å². The van der Waals surface area contributed by atoms with E-state index in [9.17, 15) is 0 Å². The maximum Gasteiger partial charge on any atom is -0.0354 e. The molecule has 0 aromatic carbocycles. The van der Waals surface area contributed by atoms with Gasteiger partial charge < -0.3 is 0 Å². The molecule has 0 aromatic heterocycles. The first kappa shape index (κ1) is 8.59. The number of hydrogen-bond acceptors (Lipinski definition) is 0. The number of fused-ring (bicyclic) bond motifs is 1. The van der Waals surface area contributed by atoms with Gasteiger partial charge in [0.25, 0.3) is 0 Å². The van der Waals surface area contributed by atoms with Crippen molar-refractivity contribution in [3.05, 3.63) is 0 Å². The normalized spacial score (nSPS) is 46.0. The molecule has 2 fully saturated rings. The molecule has 0 nitrogen and oxygen atoms in total. The Balaban J connectivity index is 1.83. The summed E-state index contributed by atoms with van der Waals surface area (Å²) in [6.45, 7) is 7.17. The largest absolute Gasteiger partial charge is 0.0628 e. The Hall–Kier alpha value is 0. The van der Waals surface area contributed by atoms with Crippen molar-refractivity contribution in [2.24, 2.45) is 29.6 Å². The molecule has 0 radical (unpaired) electrons. The molecule has 12 heavy (non-hydrogen) atoms. The van der Waals surface area contributed by atoms with Gasteiger partial charge in [-0.3, -0.25) is 0 Å². The van der Waals surface area contributed by atoms with Crippen molar-refractivity contribution in [1.82, 2.24) is 0 Å². The van der Waals surface area contributed by atoms with Gasteiger partial charge in [-0.2, -0.15) is 0 Å². The van der Waals surface area contributed by atoms with Gasteiger partial charge >= 0.3 is 0 Å². The van der Waals surface area contributed by atoms with Crippen molar-refractivity contribution in [3.63, 3.8) is 0 Å². The van der Waals surface area contributed by atoms with Crippen molar-refractivity contribution in [1.29, 1.82) is 0 Å². The number of hydrogen-bond donors (Lipinski definition) is 0. The smallest absolute Gasteiger partial charge is 0.0354 e. The first-order valence-corrected chi connectivity index (χ1v) is 5.66. The van der Waals surface area contributed by atoms with Crippen LogP contribution in [0.5, 0.6) is 0 Å². The van der Waals surface area contributed by atoms with Crippen LogP contribution in [0.3, 0.4) is 0 Å². The summed E-state index contributed by atoms with van der Waals surface area (Å²) in [6.07, 6.45) is 6.14. The lowest BCUT2D eigenvalue weighted by Gasteiger charge is -2.41. The summed E-state index contributed by atoms with van der Waals surface area (Å²) in [6, 6.07) is 0. The Morgan fingerprint density at radius 1 is 1.17 bits per heavy atom. The lowest BCUT2D eigenvalue weighted by Crippen LogP contribution is -2.33. The predicted molar refractivity (Wildman–Crippen MR) is 52.9 cm³/mol. The van der Waals surface area contributed by atoms with E-state index in [0.29, 0.717) is 0 Å². The highest BCUT2D eigenvalue weighted by atomic mass is 14.5. The molecule has 2 aliphatic rings. The highest BCUT2D eigenvalue weighted by Crippen LogP contribution is 2.54. The second-order valence-corrected chi connectivity index (χ2v) is 5.63. The average molecular weight is 166 g/mol. The third-order valence-corrected chi connectivity index (χ3v) is 3.97. The molecule has 4 atom stereocenters. The topological polar surface area (TPSA) is 0 Å². The second kappa shape index (κ2) is 3.05. The molecule has 0 heterocycles. The lowest BCUT2D eigenvalue weighted by atomic mass is 9.64.